The Hall–Kier alpha value is -2.23. The van der Waals surface area contributed by atoms with Crippen molar-refractivity contribution in [3.8, 4) is 0 Å². The Labute approximate surface area is 214 Å². The summed E-state index contributed by atoms with van der Waals surface area (Å²) < 4.78 is 29.8. The van der Waals surface area contributed by atoms with Gasteiger partial charge in [-0.15, -0.1) is 0 Å². The van der Waals surface area contributed by atoms with Crippen LogP contribution in [0.5, 0.6) is 0 Å². The van der Waals surface area contributed by atoms with Gasteiger partial charge in [0, 0.05) is 0 Å². The van der Waals surface area contributed by atoms with E-state index in [-0.39, 0.29) is 30.5 Å². The Bertz CT molecular complexity index is 1360. The monoisotopic (exact) mass is 557 g/mol. The fourth-order valence-electron chi connectivity index (χ4n) is 3.91. The molecule has 17 heteroatoms. The number of anilines is 1. The summed E-state index contributed by atoms with van der Waals surface area (Å²) in [6, 6.07) is 7.04. The van der Waals surface area contributed by atoms with E-state index in [9.17, 15) is 14.7 Å². The molecule has 4 atom stereocenters. The molecule has 0 saturated carbocycles. The number of benzene rings is 1. The van der Waals surface area contributed by atoms with Gasteiger partial charge in [0.25, 0.3) is 0 Å². The number of aromatic amines is 1. The van der Waals surface area contributed by atoms with E-state index in [2.05, 4.69) is 15.0 Å². The van der Waals surface area contributed by atoms with Gasteiger partial charge in [-0.05, 0) is 0 Å². The molecule has 3 aromatic rings. The van der Waals surface area contributed by atoms with Crippen LogP contribution in [-0.4, -0.2) is 69.9 Å². The van der Waals surface area contributed by atoms with Crippen LogP contribution in [0.3, 0.4) is 0 Å². The van der Waals surface area contributed by atoms with Crippen LogP contribution in [0.15, 0.2) is 39.1 Å². The van der Waals surface area contributed by atoms with Gasteiger partial charge < -0.3 is 0 Å². The van der Waals surface area contributed by atoms with Crippen LogP contribution in [0, 0.1) is 0 Å². The number of nitrogens with zero attached hydrogens (tertiary/aromatic N) is 3. The fraction of sp³-hybridized carbons (Fsp3) is 0.368. The minimum atomic E-state index is -3.25. The predicted octanol–water partition coefficient (Wildman–Crippen LogP) is 0.760. The summed E-state index contributed by atoms with van der Waals surface area (Å²) in [6.45, 7) is 0.991. The number of nitrogen functional groups attached to an aromatic ring is 1. The molecule has 1 aromatic carbocycles. The van der Waals surface area contributed by atoms with E-state index in [1.54, 1.807) is 31.8 Å². The van der Waals surface area contributed by atoms with E-state index in [0.29, 0.717) is 10.2 Å². The van der Waals surface area contributed by atoms with Crippen LogP contribution < -0.4 is 11.3 Å². The SMILES string of the molecule is B[PH]1(OCOC(C)=O)OC[C@H]2O[C@@H](n3c(Sc4ccc(Cl)cc4)nc4c(=O)[nH]c(N)nc43)[C@@H](O)[C@H]2O1. The van der Waals surface area contributed by atoms with Crippen molar-refractivity contribution in [2.75, 3.05) is 19.1 Å². The maximum atomic E-state index is 12.6. The first-order valence-corrected chi connectivity index (χ1v) is 14.2. The zero-order valence-electron chi connectivity index (χ0n) is 19.0. The molecule has 4 heterocycles. The second-order valence-corrected chi connectivity index (χ2v) is 12.2. The maximum absolute atomic E-state index is 12.6. The Morgan fingerprint density at radius 1 is 1.42 bits per heavy atom. The van der Waals surface area contributed by atoms with Crippen molar-refractivity contribution in [3.63, 3.8) is 0 Å². The van der Waals surface area contributed by atoms with Gasteiger partial charge in [-0.25, -0.2) is 0 Å². The summed E-state index contributed by atoms with van der Waals surface area (Å²) in [5.41, 5.74) is 5.45. The number of halogens is 1. The van der Waals surface area contributed by atoms with E-state index in [0.717, 1.165) is 4.90 Å². The second-order valence-electron chi connectivity index (χ2n) is 8.15. The van der Waals surface area contributed by atoms with Crippen molar-refractivity contribution in [1.29, 1.82) is 0 Å². The molecule has 192 valence electrons. The molecule has 2 aliphatic heterocycles. The minimum absolute atomic E-state index is 0.0347. The van der Waals surface area contributed by atoms with Crippen molar-refractivity contribution in [2.24, 2.45) is 0 Å². The molecule has 5 rings (SSSR count). The number of fused-ring (bicyclic) bond motifs is 2. The number of aliphatic hydroxyl groups is 1. The number of nitrogens with two attached hydrogens (primary N) is 1. The van der Waals surface area contributed by atoms with Crippen LogP contribution in [0.2, 0.25) is 5.02 Å². The Balaban J connectivity index is 1.48. The van der Waals surface area contributed by atoms with E-state index in [4.69, 9.17) is 40.4 Å². The number of rotatable bonds is 6. The Kier molecular flexibility index (Phi) is 7.00. The molecule has 0 radical (unpaired) electrons. The van der Waals surface area contributed by atoms with Crippen molar-refractivity contribution >= 4 is 61.8 Å². The number of aromatic nitrogens is 4. The average Bonchev–Trinajstić information content (AvgIpc) is 3.32. The van der Waals surface area contributed by atoms with Crippen molar-refractivity contribution < 1.29 is 32.9 Å². The van der Waals surface area contributed by atoms with E-state index in [1.807, 2.05) is 0 Å². The third kappa shape index (κ3) is 4.98. The van der Waals surface area contributed by atoms with Crippen LogP contribution in [-0.2, 0) is 27.8 Å². The summed E-state index contributed by atoms with van der Waals surface area (Å²) in [5, 5.41) is 12.2. The first-order chi connectivity index (χ1) is 17.1. The number of imidazole rings is 1. The van der Waals surface area contributed by atoms with E-state index in [1.165, 1.54) is 23.3 Å². The number of carbonyl (C=O) groups is 1. The van der Waals surface area contributed by atoms with Crippen molar-refractivity contribution in [1.82, 2.24) is 19.5 Å². The van der Waals surface area contributed by atoms with Gasteiger partial charge in [-0.2, -0.15) is 0 Å². The molecule has 2 saturated heterocycles. The molecule has 13 nitrogen and oxygen atoms in total. The summed E-state index contributed by atoms with van der Waals surface area (Å²) in [6.07, 6.45) is -3.69. The van der Waals surface area contributed by atoms with Gasteiger partial charge in [-0.1, -0.05) is 0 Å². The molecular formula is C19H22BClN5O8PS. The standard InChI is InChI=1S/C19H22BClN5O8PS/c1-8(27)30-7-32-35(20)31-6-11-14(34-35)13(28)17(33-11)26-15-12(16(29)25-18(22)24-15)23-19(26)36-10-4-2-9(21)3-5-10/h2-5,11,13-14,17,28,35H,6-7,20H2,1H3,(H3,22,24,25,29)/t11-,13+,14+,17-/m1/s1. The van der Waals surface area contributed by atoms with E-state index < -0.39 is 43.9 Å². The number of nitrogens with one attached hydrogen (secondary N) is 1. The third-order valence-electron chi connectivity index (χ3n) is 5.57. The molecule has 0 unspecified atom stereocenters. The normalized spacial score (nSPS) is 26.0. The molecule has 2 fully saturated rings. The summed E-state index contributed by atoms with van der Waals surface area (Å²) in [5.74, 6) is -0.620. The van der Waals surface area contributed by atoms with Crippen LogP contribution in [0.4, 0.5) is 5.95 Å². The molecule has 0 bridgehead atoms. The molecule has 2 aromatic heterocycles. The molecule has 0 amide bonds. The number of carbonyl (C=O) groups excluding carboxylic acids is 1. The predicted molar refractivity (Wildman–Crippen MR) is 133 cm³/mol. The first-order valence-electron chi connectivity index (χ1n) is 10.8. The average molecular weight is 558 g/mol. The molecule has 2 aliphatic rings. The van der Waals surface area contributed by atoms with Gasteiger partial charge in [0.2, 0.25) is 0 Å². The zero-order chi connectivity index (χ0) is 25.6. The molecular weight excluding hydrogens is 536 g/mol. The third-order valence-corrected chi connectivity index (χ3v) is 8.83. The Morgan fingerprint density at radius 2 is 2.17 bits per heavy atom. The number of ether oxygens (including phenoxy) is 2. The first kappa shape index (κ1) is 25.4. The number of hydrogen-bond donors (Lipinski definition) is 3. The summed E-state index contributed by atoms with van der Waals surface area (Å²) in [7, 11) is -1.62. The molecule has 0 aliphatic carbocycles. The fourth-order valence-corrected chi connectivity index (χ4v) is 6.69. The summed E-state index contributed by atoms with van der Waals surface area (Å²) >= 11 is 7.23. The van der Waals surface area contributed by atoms with Gasteiger partial charge in [0.1, 0.15) is 0 Å². The topological polar surface area (TPSA) is 173 Å². The zero-order valence-corrected chi connectivity index (χ0v) is 21.6. The van der Waals surface area contributed by atoms with Crippen LogP contribution >= 0.6 is 31.2 Å². The number of aliphatic hydroxyl groups excluding tert-OH is 1. The molecule has 4 N–H and O–H groups in total. The molecule has 36 heavy (non-hydrogen) atoms. The Morgan fingerprint density at radius 3 is 2.89 bits per heavy atom. The van der Waals surface area contributed by atoms with Gasteiger partial charge in [-0.3, -0.25) is 0 Å². The van der Waals surface area contributed by atoms with Gasteiger partial charge >= 0.3 is 215 Å². The van der Waals surface area contributed by atoms with E-state index >= 15 is 0 Å². The number of esters is 1. The number of H-pyrrole nitrogens is 1. The van der Waals surface area contributed by atoms with Crippen molar-refractivity contribution in [2.45, 2.75) is 41.5 Å². The second kappa shape index (κ2) is 9.91. The quantitative estimate of drug-likeness (QED) is 0.168. The van der Waals surface area contributed by atoms with Crippen LogP contribution in [0.1, 0.15) is 13.2 Å². The van der Waals surface area contributed by atoms with Gasteiger partial charge in [0.05, 0.1) is 0 Å². The van der Waals surface area contributed by atoms with Crippen LogP contribution in [0.25, 0.3) is 11.2 Å². The van der Waals surface area contributed by atoms with Crippen molar-refractivity contribution in [3.05, 3.63) is 39.6 Å². The van der Waals surface area contributed by atoms with Gasteiger partial charge in [0.15, 0.2) is 0 Å². The summed E-state index contributed by atoms with van der Waals surface area (Å²) in [4.78, 5) is 35.5. The molecule has 0 spiro atoms. The number of hydrogen-bond acceptors (Lipinski definition) is 12.